The van der Waals surface area contributed by atoms with E-state index in [1.165, 1.54) is 6.07 Å². The summed E-state index contributed by atoms with van der Waals surface area (Å²) in [5.74, 6) is -0.808. The van der Waals surface area contributed by atoms with Crippen molar-refractivity contribution in [1.29, 1.82) is 0 Å². The number of carbonyl (C=O) groups excluding carboxylic acids is 2. The Hall–Kier alpha value is -1.91. The van der Waals surface area contributed by atoms with Crippen LogP contribution in [0.2, 0.25) is 0 Å². The largest absolute Gasteiger partial charge is 0.355 e. The molecule has 0 spiro atoms. The zero-order valence-corrected chi connectivity index (χ0v) is 13.8. The molecule has 5 heteroatoms. The summed E-state index contributed by atoms with van der Waals surface area (Å²) < 4.78 is 13.5. The minimum atomic E-state index is -1.12. The number of hydrogen-bond donors (Lipinski definition) is 1. The Labute approximate surface area is 131 Å². The smallest absolute Gasteiger partial charge is 0.237 e. The third kappa shape index (κ3) is 4.29. The summed E-state index contributed by atoms with van der Waals surface area (Å²) in [6.45, 7) is 8.44. The number of hydrogen-bond acceptors (Lipinski definition) is 2. The summed E-state index contributed by atoms with van der Waals surface area (Å²) >= 11 is 0. The molecule has 1 rings (SSSR count). The maximum absolute atomic E-state index is 13.5. The van der Waals surface area contributed by atoms with E-state index in [1.54, 1.807) is 36.9 Å². The minimum absolute atomic E-state index is 0.194. The van der Waals surface area contributed by atoms with Crippen LogP contribution in [0, 0.1) is 11.2 Å². The van der Waals surface area contributed by atoms with Gasteiger partial charge in [-0.2, -0.15) is 0 Å². The van der Waals surface area contributed by atoms with Crippen LogP contribution in [0.3, 0.4) is 0 Å². The van der Waals surface area contributed by atoms with Crippen molar-refractivity contribution in [2.75, 3.05) is 19.6 Å². The van der Waals surface area contributed by atoms with Gasteiger partial charge in [0.15, 0.2) is 0 Å². The number of halogens is 1. The monoisotopic (exact) mass is 308 g/mol. The molecule has 22 heavy (non-hydrogen) atoms. The lowest BCUT2D eigenvalue weighted by molar-refractivity contribution is -0.148. The van der Waals surface area contributed by atoms with E-state index in [0.29, 0.717) is 31.6 Å². The van der Waals surface area contributed by atoms with E-state index in [4.69, 9.17) is 0 Å². The summed E-state index contributed by atoms with van der Waals surface area (Å²) in [5.41, 5.74) is -0.572. The van der Waals surface area contributed by atoms with Gasteiger partial charge >= 0.3 is 0 Å². The van der Waals surface area contributed by atoms with Crippen LogP contribution in [0.4, 0.5) is 4.39 Å². The van der Waals surface area contributed by atoms with Crippen LogP contribution < -0.4 is 5.32 Å². The maximum Gasteiger partial charge on any atom is 0.237 e. The number of rotatable bonds is 7. The standard InChI is InChI=1S/C17H25FN2O2/c1-5-20(6-2)16(22)17(3,4)15(21)19-12-11-13-9-7-8-10-14(13)18/h7-10H,5-6,11-12H2,1-4H3,(H,19,21). The molecule has 0 bridgehead atoms. The predicted molar refractivity (Wildman–Crippen MR) is 84.8 cm³/mol. The van der Waals surface area contributed by atoms with Gasteiger partial charge in [0.2, 0.25) is 11.8 Å². The quantitative estimate of drug-likeness (QED) is 0.786. The summed E-state index contributed by atoms with van der Waals surface area (Å²) in [6.07, 6.45) is 0.397. The Morgan fingerprint density at radius 3 is 2.32 bits per heavy atom. The van der Waals surface area contributed by atoms with Crippen molar-refractivity contribution >= 4 is 11.8 Å². The van der Waals surface area contributed by atoms with Crippen LogP contribution in [0.1, 0.15) is 33.3 Å². The molecule has 1 N–H and O–H groups in total. The van der Waals surface area contributed by atoms with Crippen LogP contribution in [0.15, 0.2) is 24.3 Å². The molecule has 0 radical (unpaired) electrons. The SMILES string of the molecule is CCN(CC)C(=O)C(C)(C)C(=O)NCCc1ccccc1F. The number of nitrogens with one attached hydrogen (secondary N) is 1. The number of nitrogens with zero attached hydrogens (tertiary/aromatic N) is 1. The van der Waals surface area contributed by atoms with Gasteiger partial charge in [-0.1, -0.05) is 18.2 Å². The first-order chi connectivity index (χ1) is 10.3. The van der Waals surface area contributed by atoms with Gasteiger partial charge in [0, 0.05) is 19.6 Å². The molecule has 0 aliphatic heterocycles. The molecule has 0 saturated heterocycles. The third-order valence-corrected chi connectivity index (χ3v) is 3.79. The first-order valence-electron chi connectivity index (χ1n) is 7.65. The molecule has 0 heterocycles. The Balaban J connectivity index is 2.60. The highest BCUT2D eigenvalue weighted by atomic mass is 19.1. The molecular formula is C17H25FN2O2. The zero-order valence-electron chi connectivity index (χ0n) is 13.8. The van der Waals surface area contributed by atoms with Crippen LogP contribution in [0.25, 0.3) is 0 Å². The average molecular weight is 308 g/mol. The van der Waals surface area contributed by atoms with Crippen molar-refractivity contribution in [3.8, 4) is 0 Å². The normalized spacial score (nSPS) is 11.1. The van der Waals surface area contributed by atoms with E-state index in [9.17, 15) is 14.0 Å². The fraction of sp³-hybridized carbons (Fsp3) is 0.529. The molecule has 0 saturated carbocycles. The minimum Gasteiger partial charge on any atom is -0.355 e. The van der Waals surface area contributed by atoms with Crippen LogP contribution in [0.5, 0.6) is 0 Å². The summed E-state index contributed by atoms with van der Waals surface area (Å²) in [6, 6.07) is 6.47. The molecule has 4 nitrogen and oxygen atoms in total. The highest BCUT2D eigenvalue weighted by Crippen LogP contribution is 2.19. The Morgan fingerprint density at radius 1 is 1.18 bits per heavy atom. The van der Waals surface area contributed by atoms with Gasteiger partial charge in [0.05, 0.1) is 0 Å². The lowest BCUT2D eigenvalue weighted by atomic mass is 9.90. The van der Waals surface area contributed by atoms with E-state index < -0.39 is 5.41 Å². The van der Waals surface area contributed by atoms with Gasteiger partial charge in [-0.25, -0.2) is 4.39 Å². The van der Waals surface area contributed by atoms with Crippen LogP contribution in [-0.2, 0) is 16.0 Å². The fourth-order valence-corrected chi connectivity index (χ4v) is 2.24. The van der Waals surface area contributed by atoms with E-state index in [1.807, 2.05) is 13.8 Å². The van der Waals surface area contributed by atoms with Gasteiger partial charge in [0.25, 0.3) is 0 Å². The highest BCUT2D eigenvalue weighted by Gasteiger charge is 2.38. The Morgan fingerprint density at radius 2 is 1.77 bits per heavy atom. The molecule has 1 aromatic rings. The molecule has 1 aromatic carbocycles. The molecule has 0 unspecified atom stereocenters. The second kappa shape index (κ2) is 7.92. The van der Waals surface area contributed by atoms with Crippen molar-refractivity contribution in [3.63, 3.8) is 0 Å². The fourth-order valence-electron chi connectivity index (χ4n) is 2.24. The van der Waals surface area contributed by atoms with E-state index in [-0.39, 0.29) is 17.6 Å². The van der Waals surface area contributed by atoms with Crippen molar-refractivity contribution in [1.82, 2.24) is 10.2 Å². The molecule has 0 aliphatic rings. The molecule has 0 aliphatic carbocycles. The first-order valence-corrected chi connectivity index (χ1v) is 7.65. The molecule has 0 aromatic heterocycles. The first kappa shape index (κ1) is 18.1. The van der Waals surface area contributed by atoms with Crippen molar-refractivity contribution in [2.45, 2.75) is 34.1 Å². The lowest BCUT2D eigenvalue weighted by Gasteiger charge is -2.29. The van der Waals surface area contributed by atoms with E-state index in [0.717, 1.165) is 0 Å². The number of carbonyl (C=O) groups is 2. The molecule has 0 fully saturated rings. The topological polar surface area (TPSA) is 49.4 Å². The van der Waals surface area contributed by atoms with Gasteiger partial charge in [-0.3, -0.25) is 9.59 Å². The summed E-state index contributed by atoms with van der Waals surface area (Å²) in [5, 5.41) is 2.73. The van der Waals surface area contributed by atoms with Gasteiger partial charge in [-0.15, -0.1) is 0 Å². The lowest BCUT2D eigenvalue weighted by Crippen LogP contribution is -2.49. The summed E-state index contributed by atoms with van der Waals surface area (Å²) in [7, 11) is 0. The Kier molecular flexibility index (Phi) is 6.53. The number of benzene rings is 1. The van der Waals surface area contributed by atoms with E-state index >= 15 is 0 Å². The van der Waals surface area contributed by atoms with Crippen molar-refractivity contribution in [3.05, 3.63) is 35.6 Å². The Bertz CT molecular complexity index is 525. The van der Waals surface area contributed by atoms with E-state index in [2.05, 4.69) is 5.32 Å². The van der Waals surface area contributed by atoms with Crippen LogP contribution >= 0.6 is 0 Å². The van der Waals surface area contributed by atoms with Gasteiger partial charge in [0.1, 0.15) is 11.2 Å². The van der Waals surface area contributed by atoms with Gasteiger partial charge in [-0.05, 0) is 45.7 Å². The molecule has 2 amide bonds. The number of amides is 2. The molecule has 122 valence electrons. The third-order valence-electron chi connectivity index (χ3n) is 3.79. The van der Waals surface area contributed by atoms with Crippen LogP contribution in [-0.4, -0.2) is 36.3 Å². The predicted octanol–water partition coefficient (Wildman–Crippen LogP) is 2.38. The zero-order chi connectivity index (χ0) is 16.8. The second-order valence-corrected chi connectivity index (χ2v) is 5.70. The molecule has 0 atom stereocenters. The second-order valence-electron chi connectivity index (χ2n) is 5.70. The maximum atomic E-state index is 13.5. The molecular weight excluding hydrogens is 283 g/mol. The van der Waals surface area contributed by atoms with Crippen molar-refractivity contribution in [2.24, 2.45) is 5.41 Å². The average Bonchev–Trinajstić information content (AvgIpc) is 2.50. The van der Waals surface area contributed by atoms with Gasteiger partial charge < -0.3 is 10.2 Å². The highest BCUT2D eigenvalue weighted by molar-refractivity contribution is 6.04. The summed E-state index contributed by atoms with van der Waals surface area (Å²) in [4.78, 5) is 26.3. The van der Waals surface area contributed by atoms with Crippen molar-refractivity contribution < 1.29 is 14.0 Å².